The Morgan fingerprint density at radius 1 is 1.20 bits per heavy atom. The van der Waals surface area contributed by atoms with E-state index in [-0.39, 0.29) is 6.42 Å². The van der Waals surface area contributed by atoms with Gasteiger partial charge in [0.2, 0.25) is 5.91 Å². The van der Waals surface area contributed by atoms with Crippen LogP contribution in [0.2, 0.25) is 0 Å². The van der Waals surface area contributed by atoms with Gasteiger partial charge in [0.25, 0.3) is 10.1 Å². The molecule has 0 fully saturated rings. The molecule has 20 heavy (non-hydrogen) atoms. The lowest BCUT2D eigenvalue weighted by Gasteiger charge is -2.13. The van der Waals surface area contributed by atoms with E-state index in [2.05, 4.69) is 5.32 Å². The van der Waals surface area contributed by atoms with Crippen molar-refractivity contribution in [2.45, 2.75) is 25.1 Å². The monoisotopic (exact) mass is 301 g/mol. The van der Waals surface area contributed by atoms with Crippen LogP contribution >= 0.6 is 0 Å². The standard InChI is InChI=1S/C12H15NO6S/c1-8(14)13-11(12(15)16)6-9-2-4-10(5-3-9)7-20(17,18)19/h2-5,11H,6-7H2,1H3,(H,13,14)(H,15,16)(H,17,18,19). The molecule has 1 aromatic rings. The van der Waals surface area contributed by atoms with Crippen molar-refractivity contribution in [3.63, 3.8) is 0 Å². The van der Waals surface area contributed by atoms with Crippen LogP contribution in [-0.2, 0) is 31.9 Å². The summed E-state index contributed by atoms with van der Waals surface area (Å²) in [4.78, 5) is 21.9. The molecule has 8 heteroatoms. The van der Waals surface area contributed by atoms with Gasteiger partial charge in [-0.2, -0.15) is 8.42 Å². The highest BCUT2D eigenvalue weighted by Gasteiger charge is 2.18. The lowest BCUT2D eigenvalue weighted by atomic mass is 10.0. The number of carbonyl (C=O) groups excluding carboxylic acids is 1. The van der Waals surface area contributed by atoms with Crippen LogP contribution in [0, 0.1) is 0 Å². The van der Waals surface area contributed by atoms with Crippen LogP contribution in [0.5, 0.6) is 0 Å². The SMILES string of the molecule is CC(=O)NC(Cc1ccc(CS(=O)(=O)O)cc1)C(=O)O. The van der Waals surface area contributed by atoms with Gasteiger partial charge in [-0.05, 0) is 11.1 Å². The van der Waals surface area contributed by atoms with Crippen LogP contribution < -0.4 is 5.32 Å². The maximum absolute atomic E-state index is 11.0. The maximum atomic E-state index is 11.0. The largest absolute Gasteiger partial charge is 0.480 e. The first-order chi connectivity index (χ1) is 9.17. The summed E-state index contributed by atoms with van der Waals surface area (Å²) >= 11 is 0. The molecule has 0 aliphatic rings. The molecule has 1 unspecified atom stereocenters. The summed E-state index contributed by atoms with van der Waals surface area (Å²) in [6.45, 7) is 1.23. The minimum Gasteiger partial charge on any atom is -0.480 e. The van der Waals surface area contributed by atoms with Crippen LogP contribution in [0.1, 0.15) is 18.1 Å². The number of hydrogen-bond donors (Lipinski definition) is 3. The number of aliphatic carboxylic acids is 1. The quantitative estimate of drug-likeness (QED) is 0.646. The number of amides is 1. The smallest absolute Gasteiger partial charge is 0.326 e. The van der Waals surface area contributed by atoms with Gasteiger partial charge in [-0.3, -0.25) is 9.35 Å². The minimum atomic E-state index is -4.09. The van der Waals surface area contributed by atoms with Crippen LogP contribution in [0.15, 0.2) is 24.3 Å². The molecule has 110 valence electrons. The van der Waals surface area contributed by atoms with Crippen LogP contribution in [-0.4, -0.2) is 36.0 Å². The highest BCUT2D eigenvalue weighted by molar-refractivity contribution is 7.85. The second-order valence-corrected chi connectivity index (χ2v) is 5.79. The molecule has 0 spiro atoms. The number of rotatable bonds is 6. The second kappa shape index (κ2) is 6.49. The van der Waals surface area contributed by atoms with E-state index >= 15 is 0 Å². The summed E-state index contributed by atoms with van der Waals surface area (Å²) < 4.78 is 30.1. The molecule has 1 aromatic carbocycles. The van der Waals surface area contributed by atoms with E-state index in [9.17, 15) is 18.0 Å². The molecule has 3 N–H and O–H groups in total. The van der Waals surface area contributed by atoms with Gasteiger partial charge in [0.05, 0.1) is 0 Å². The predicted molar refractivity (Wildman–Crippen MR) is 70.6 cm³/mol. The molecular weight excluding hydrogens is 286 g/mol. The first-order valence-corrected chi connectivity index (χ1v) is 7.31. The highest BCUT2D eigenvalue weighted by Crippen LogP contribution is 2.10. The normalized spacial score (nSPS) is 12.7. The number of carboxylic acid groups (broad SMARTS) is 1. The molecular formula is C12H15NO6S. The third-order valence-electron chi connectivity index (χ3n) is 2.49. The number of hydrogen-bond acceptors (Lipinski definition) is 4. The molecule has 7 nitrogen and oxygen atoms in total. The first-order valence-electron chi connectivity index (χ1n) is 5.70. The molecule has 0 heterocycles. The Morgan fingerprint density at radius 3 is 2.10 bits per heavy atom. The summed E-state index contributed by atoms with van der Waals surface area (Å²) in [5.41, 5.74) is 1.02. The molecule has 0 aliphatic heterocycles. The lowest BCUT2D eigenvalue weighted by Crippen LogP contribution is -2.41. The highest BCUT2D eigenvalue weighted by atomic mass is 32.2. The van der Waals surface area contributed by atoms with E-state index < -0.39 is 33.8 Å². The number of carboxylic acids is 1. The van der Waals surface area contributed by atoms with E-state index in [0.29, 0.717) is 11.1 Å². The Balaban J connectivity index is 2.77. The van der Waals surface area contributed by atoms with E-state index in [1.807, 2.05) is 0 Å². The van der Waals surface area contributed by atoms with Crippen molar-refractivity contribution in [3.05, 3.63) is 35.4 Å². The molecule has 0 aliphatic carbocycles. The Labute approximate surface area is 116 Å². The Kier molecular flexibility index (Phi) is 5.23. The number of nitrogens with one attached hydrogen (secondary N) is 1. The third kappa shape index (κ3) is 5.81. The zero-order chi connectivity index (χ0) is 15.3. The van der Waals surface area contributed by atoms with E-state index in [0.717, 1.165) is 0 Å². The fraction of sp³-hybridized carbons (Fsp3) is 0.333. The third-order valence-corrected chi connectivity index (χ3v) is 3.19. The van der Waals surface area contributed by atoms with Gasteiger partial charge >= 0.3 is 5.97 Å². The van der Waals surface area contributed by atoms with Crippen LogP contribution in [0.3, 0.4) is 0 Å². The summed E-state index contributed by atoms with van der Waals surface area (Å²) in [5, 5.41) is 11.3. The lowest BCUT2D eigenvalue weighted by molar-refractivity contribution is -0.141. The summed E-state index contributed by atoms with van der Waals surface area (Å²) in [6.07, 6.45) is 0.0844. The van der Waals surface area contributed by atoms with Crippen molar-refractivity contribution in [2.75, 3.05) is 0 Å². The molecule has 0 saturated heterocycles. The minimum absolute atomic E-state index is 0.0844. The Morgan fingerprint density at radius 2 is 1.70 bits per heavy atom. The molecule has 0 radical (unpaired) electrons. The Bertz CT molecular complexity index is 593. The van der Waals surface area contributed by atoms with Crippen LogP contribution in [0.4, 0.5) is 0 Å². The molecule has 1 rings (SSSR count). The van der Waals surface area contributed by atoms with Gasteiger partial charge in [0.1, 0.15) is 11.8 Å². The summed E-state index contributed by atoms with van der Waals surface area (Å²) in [7, 11) is -4.09. The average Bonchev–Trinajstić information content (AvgIpc) is 2.28. The van der Waals surface area contributed by atoms with Crippen molar-refractivity contribution < 1.29 is 27.7 Å². The molecule has 0 saturated carbocycles. The van der Waals surface area contributed by atoms with E-state index in [1.165, 1.54) is 19.1 Å². The van der Waals surface area contributed by atoms with Crippen molar-refractivity contribution in [2.24, 2.45) is 0 Å². The topological polar surface area (TPSA) is 121 Å². The van der Waals surface area contributed by atoms with Crippen LogP contribution in [0.25, 0.3) is 0 Å². The fourth-order valence-corrected chi connectivity index (χ4v) is 2.28. The van der Waals surface area contributed by atoms with Crippen molar-refractivity contribution in [1.29, 1.82) is 0 Å². The van der Waals surface area contributed by atoms with Gasteiger partial charge in [-0.1, -0.05) is 24.3 Å². The second-order valence-electron chi connectivity index (χ2n) is 4.34. The zero-order valence-electron chi connectivity index (χ0n) is 10.7. The number of benzene rings is 1. The van der Waals surface area contributed by atoms with Gasteiger partial charge in [-0.15, -0.1) is 0 Å². The van der Waals surface area contributed by atoms with Crippen molar-refractivity contribution in [3.8, 4) is 0 Å². The van der Waals surface area contributed by atoms with Crippen molar-refractivity contribution >= 4 is 22.0 Å². The molecule has 0 bridgehead atoms. The van der Waals surface area contributed by atoms with Gasteiger partial charge in [0.15, 0.2) is 0 Å². The first kappa shape index (κ1) is 16.1. The fourth-order valence-electron chi connectivity index (χ4n) is 1.66. The predicted octanol–water partition coefficient (Wildman–Crippen LogP) is 0.206. The van der Waals surface area contributed by atoms with E-state index in [4.69, 9.17) is 9.66 Å². The van der Waals surface area contributed by atoms with Gasteiger partial charge in [-0.25, -0.2) is 4.79 Å². The molecule has 1 atom stereocenters. The summed E-state index contributed by atoms with van der Waals surface area (Å²) in [6, 6.07) is 5.03. The Hall–Kier alpha value is -1.93. The maximum Gasteiger partial charge on any atom is 0.326 e. The van der Waals surface area contributed by atoms with E-state index in [1.54, 1.807) is 12.1 Å². The summed E-state index contributed by atoms with van der Waals surface area (Å²) in [5.74, 6) is -2.09. The van der Waals surface area contributed by atoms with Gasteiger partial charge < -0.3 is 10.4 Å². The number of carbonyl (C=O) groups is 2. The zero-order valence-corrected chi connectivity index (χ0v) is 11.6. The molecule has 1 amide bonds. The van der Waals surface area contributed by atoms with Gasteiger partial charge in [0, 0.05) is 13.3 Å². The van der Waals surface area contributed by atoms with Crippen molar-refractivity contribution in [1.82, 2.24) is 5.32 Å². The average molecular weight is 301 g/mol. The molecule has 0 aromatic heterocycles.